The van der Waals surface area contributed by atoms with E-state index in [2.05, 4.69) is 42.4 Å². The predicted octanol–water partition coefficient (Wildman–Crippen LogP) is 4.00. The third-order valence-electron chi connectivity index (χ3n) is 3.17. The molecule has 0 heterocycles. The summed E-state index contributed by atoms with van der Waals surface area (Å²) in [5.74, 6) is -0.125. The van der Waals surface area contributed by atoms with Crippen LogP contribution in [0.1, 0.15) is 27.0 Å². The molecule has 0 aliphatic heterocycles. The number of rotatable bonds is 3. The van der Waals surface area contributed by atoms with E-state index in [1.165, 1.54) is 18.3 Å². The second kappa shape index (κ2) is 7.14. The average Bonchev–Trinajstić information content (AvgIpc) is 2.49. The minimum absolute atomic E-state index is 0.0279. The average molecular weight is 442 g/mol. The molecule has 0 radical (unpaired) electrons. The van der Waals surface area contributed by atoms with Crippen LogP contribution in [-0.4, -0.2) is 22.3 Å². The fourth-order valence-electron chi connectivity index (χ4n) is 1.99. The maximum Gasteiger partial charge on any atom is 0.271 e. The molecule has 0 unspecified atom stereocenters. The van der Waals surface area contributed by atoms with Gasteiger partial charge in [0.05, 0.1) is 15.2 Å². The summed E-state index contributed by atoms with van der Waals surface area (Å²) in [6.07, 6.45) is 1.50. The first-order chi connectivity index (χ1) is 10.8. The number of hydrogen-bond acceptors (Lipinski definition) is 4. The van der Waals surface area contributed by atoms with Gasteiger partial charge in [0.2, 0.25) is 0 Å². The highest BCUT2D eigenvalue weighted by Crippen LogP contribution is 2.33. The number of hydrazone groups is 1. The molecular weight excluding hydrogens is 428 g/mol. The number of amides is 1. The first kappa shape index (κ1) is 17.5. The van der Waals surface area contributed by atoms with Crippen molar-refractivity contribution in [3.63, 3.8) is 0 Å². The quantitative estimate of drug-likeness (QED) is 0.497. The molecule has 0 atom stereocenters. The SMILES string of the molecule is Cc1cc(/C=N\NC(=O)c2cc(Br)c(O)c(Br)c2)cc(C)c1O. The third kappa shape index (κ3) is 4.11. The van der Waals surface area contributed by atoms with Gasteiger partial charge in [0.1, 0.15) is 11.5 Å². The van der Waals surface area contributed by atoms with Crippen molar-refractivity contribution in [2.45, 2.75) is 13.8 Å². The summed E-state index contributed by atoms with van der Waals surface area (Å²) in [5.41, 5.74) is 5.01. The van der Waals surface area contributed by atoms with E-state index in [4.69, 9.17) is 0 Å². The lowest BCUT2D eigenvalue weighted by molar-refractivity contribution is 0.0955. The number of aryl methyl sites for hydroxylation is 2. The Morgan fingerprint density at radius 2 is 1.57 bits per heavy atom. The van der Waals surface area contributed by atoms with E-state index in [9.17, 15) is 15.0 Å². The topological polar surface area (TPSA) is 81.9 Å². The Hall–Kier alpha value is -1.86. The van der Waals surface area contributed by atoms with Crippen LogP contribution in [0.5, 0.6) is 11.5 Å². The van der Waals surface area contributed by atoms with E-state index in [1.807, 2.05) is 0 Å². The lowest BCUT2D eigenvalue weighted by Gasteiger charge is -2.06. The summed E-state index contributed by atoms with van der Waals surface area (Å²) in [5, 5.41) is 23.3. The van der Waals surface area contributed by atoms with E-state index < -0.39 is 5.91 Å². The first-order valence-electron chi connectivity index (χ1n) is 6.61. The van der Waals surface area contributed by atoms with Crippen LogP contribution in [0.15, 0.2) is 38.3 Å². The van der Waals surface area contributed by atoms with E-state index in [-0.39, 0.29) is 11.5 Å². The molecule has 2 aromatic carbocycles. The summed E-state index contributed by atoms with van der Waals surface area (Å²) in [6.45, 7) is 3.59. The molecule has 0 saturated carbocycles. The number of nitrogens with one attached hydrogen (secondary N) is 1. The molecule has 0 aromatic heterocycles. The van der Waals surface area contributed by atoms with E-state index >= 15 is 0 Å². The zero-order valence-corrected chi connectivity index (χ0v) is 15.6. The molecule has 2 rings (SSSR count). The second-order valence-electron chi connectivity index (χ2n) is 4.99. The number of phenolic OH excluding ortho intramolecular Hbond substituents is 2. The molecule has 2 aromatic rings. The summed E-state index contributed by atoms with van der Waals surface area (Å²) in [7, 11) is 0. The first-order valence-corrected chi connectivity index (χ1v) is 8.20. The minimum atomic E-state index is -0.408. The Bertz CT molecular complexity index is 758. The predicted molar refractivity (Wildman–Crippen MR) is 96.1 cm³/mol. The highest BCUT2D eigenvalue weighted by molar-refractivity contribution is 9.11. The number of benzene rings is 2. The Kier molecular flexibility index (Phi) is 5.43. The molecule has 0 aliphatic carbocycles. The van der Waals surface area contributed by atoms with Crippen LogP contribution in [0, 0.1) is 13.8 Å². The van der Waals surface area contributed by atoms with Crippen molar-refractivity contribution < 1.29 is 15.0 Å². The molecule has 0 spiro atoms. The zero-order chi connectivity index (χ0) is 17.1. The standard InChI is InChI=1S/C16H14Br2N2O3/c1-8-3-10(4-9(2)14(8)21)7-19-20-16(23)11-5-12(17)15(22)13(18)6-11/h3-7,21-22H,1-2H3,(H,20,23)/b19-7-. The highest BCUT2D eigenvalue weighted by Gasteiger charge is 2.11. The maximum atomic E-state index is 12.1. The highest BCUT2D eigenvalue weighted by atomic mass is 79.9. The lowest BCUT2D eigenvalue weighted by atomic mass is 10.1. The van der Waals surface area contributed by atoms with Gasteiger partial charge in [-0.15, -0.1) is 0 Å². The van der Waals surface area contributed by atoms with Gasteiger partial charge in [0.25, 0.3) is 5.91 Å². The molecule has 5 nitrogen and oxygen atoms in total. The zero-order valence-electron chi connectivity index (χ0n) is 12.4. The van der Waals surface area contributed by atoms with Crippen molar-refractivity contribution in [2.75, 3.05) is 0 Å². The molecule has 0 bridgehead atoms. The fraction of sp³-hybridized carbons (Fsp3) is 0.125. The van der Waals surface area contributed by atoms with Crippen LogP contribution in [0.3, 0.4) is 0 Å². The summed E-state index contributed by atoms with van der Waals surface area (Å²) in [4.78, 5) is 12.1. The van der Waals surface area contributed by atoms with Gasteiger partial charge in [-0.1, -0.05) is 0 Å². The molecule has 1 amide bonds. The van der Waals surface area contributed by atoms with Gasteiger partial charge in [-0.2, -0.15) is 5.10 Å². The Labute approximate surface area is 150 Å². The minimum Gasteiger partial charge on any atom is -0.507 e. The van der Waals surface area contributed by atoms with Gasteiger partial charge in [-0.25, -0.2) is 5.43 Å². The molecule has 3 N–H and O–H groups in total. The van der Waals surface area contributed by atoms with E-state index in [0.29, 0.717) is 14.5 Å². The Morgan fingerprint density at radius 3 is 2.09 bits per heavy atom. The number of nitrogens with zero attached hydrogens (tertiary/aromatic N) is 1. The van der Waals surface area contributed by atoms with Crippen molar-refractivity contribution >= 4 is 44.0 Å². The number of halogens is 2. The third-order valence-corrected chi connectivity index (χ3v) is 4.38. The van der Waals surface area contributed by atoms with Crippen LogP contribution in [0.4, 0.5) is 0 Å². The van der Waals surface area contributed by atoms with Gasteiger partial charge < -0.3 is 10.2 Å². The van der Waals surface area contributed by atoms with Crippen molar-refractivity contribution in [1.29, 1.82) is 0 Å². The maximum absolute atomic E-state index is 12.1. The van der Waals surface area contributed by atoms with Gasteiger partial charge in [0, 0.05) is 5.56 Å². The Balaban J connectivity index is 2.13. The molecule has 23 heavy (non-hydrogen) atoms. The van der Waals surface area contributed by atoms with Gasteiger partial charge >= 0.3 is 0 Å². The van der Waals surface area contributed by atoms with Crippen LogP contribution in [-0.2, 0) is 0 Å². The van der Waals surface area contributed by atoms with Crippen LogP contribution in [0.2, 0.25) is 0 Å². The number of carbonyl (C=O) groups excluding carboxylic acids is 1. The van der Waals surface area contributed by atoms with E-state index in [0.717, 1.165) is 16.7 Å². The van der Waals surface area contributed by atoms with Gasteiger partial charge in [0.15, 0.2) is 0 Å². The normalized spacial score (nSPS) is 11.0. The number of hydrogen-bond donors (Lipinski definition) is 3. The summed E-state index contributed by atoms with van der Waals surface area (Å²) >= 11 is 6.34. The number of phenols is 2. The van der Waals surface area contributed by atoms with Crippen LogP contribution < -0.4 is 5.43 Å². The number of aromatic hydroxyl groups is 2. The molecule has 7 heteroatoms. The summed E-state index contributed by atoms with van der Waals surface area (Å²) in [6, 6.07) is 6.54. The molecular formula is C16H14Br2N2O3. The van der Waals surface area contributed by atoms with Crippen LogP contribution >= 0.6 is 31.9 Å². The van der Waals surface area contributed by atoms with Crippen molar-refractivity contribution in [3.05, 3.63) is 55.5 Å². The largest absolute Gasteiger partial charge is 0.507 e. The smallest absolute Gasteiger partial charge is 0.271 e. The fourth-order valence-corrected chi connectivity index (χ4v) is 3.18. The lowest BCUT2D eigenvalue weighted by Crippen LogP contribution is -2.17. The van der Waals surface area contributed by atoms with Crippen molar-refractivity contribution in [3.8, 4) is 11.5 Å². The molecule has 0 saturated heterocycles. The van der Waals surface area contributed by atoms with Gasteiger partial charge in [-0.3, -0.25) is 4.79 Å². The molecule has 120 valence electrons. The second-order valence-corrected chi connectivity index (χ2v) is 6.70. The summed E-state index contributed by atoms with van der Waals surface area (Å²) < 4.78 is 0.816. The van der Waals surface area contributed by atoms with Gasteiger partial charge in [-0.05, 0) is 86.7 Å². The number of carbonyl (C=O) groups is 1. The Morgan fingerprint density at radius 1 is 1.04 bits per heavy atom. The monoisotopic (exact) mass is 440 g/mol. The molecule has 0 aliphatic rings. The molecule has 0 fully saturated rings. The van der Waals surface area contributed by atoms with Crippen molar-refractivity contribution in [1.82, 2.24) is 5.43 Å². The van der Waals surface area contributed by atoms with Crippen LogP contribution in [0.25, 0.3) is 0 Å². The van der Waals surface area contributed by atoms with Crippen molar-refractivity contribution in [2.24, 2.45) is 5.10 Å². The van der Waals surface area contributed by atoms with E-state index in [1.54, 1.807) is 26.0 Å².